The second-order valence-electron chi connectivity index (χ2n) is 6.16. The standard InChI is InChI=1S/C19H27N5OS.HI/c1-4-18-22-15(14-26-18)13-21-19(20-2)24-10-8-23(9-11-24)16-6-5-7-17(12-16)25-3;/h5-7,12,14H,4,8-11,13H2,1-3H3,(H,20,21);1H. The van der Waals surface area contributed by atoms with Gasteiger partial charge >= 0.3 is 0 Å². The van der Waals surface area contributed by atoms with E-state index in [0.717, 1.165) is 56.5 Å². The first-order valence-electron chi connectivity index (χ1n) is 9.01. The number of aryl methyl sites for hydroxylation is 1. The number of benzene rings is 1. The van der Waals surface area contributed by atoms with Crippen LogP contribution in [0.1, 0.15) is 17.6 Å². The summed E-state index contributed by atoms with van der Waals surface area (Å²) in [6, 6.07) is 8.25. The number of aromatic nitrogens is 1. The van der Waals surface area contributed by atoms with Crippen molar-refractivity contribution in [1.29, 1.82) is 0 Å². The number of nitrogens with one attached hydrogen (secondary N) is 1. The van der Waals surface area contributed by atoms with Crippen LogP contribution in [-0.4, -0.2) is 56.2 Å². The molecular formula is C19H28IN5OS. The second-order valence-corrected chi connectivity index (χ2v) is 7.11. The Bertz CT molecular complexity index is 743. The zero-order valence-corrected chi connectivity index (χ0v) is 19.3. The molecule has 1 aromatic carbocycles. The molecule has 1 N–H and O–H groups in total. The molecule has 0 aliphatic carbocycles. The van der Waals surface area contributed by atoms with Gasteiger partial charge in [-0.2, -0.15) is 0 Å². The van der Waals surface area contributed by atoms with Gasteiger partial charge in [0.05, 0.1) is 24.4 Å². The normalized spacial score (nSPS) is 14.7. The Kier molecular flexibility index (Phi) is 8.62. The van der Waals surface area contributed by atoms with Crippen LogP contribution in [0.5, 0.6) is 5.75 Å². The molecule has 27 heavy (non-hydrogen) atoms. The fraction of sp³-hybridized carbons (Fsp3) is 0.474. The van der Waals surface area contributed by atoms with E-state index in [0.29, 0.717) is 0 Å². The lowest BCUT2D eigenvalue weighted by atomic mass is 10.2. The van der Waals surface area contributed by atoms with E-state index in [1.165, 1.54) is 10.7 Å². The Balaban J connectivity index is 0.00000261. The second kappa shape index (κ2) is 10.7. The van der Waals surface area contributed by atoms with Crippen molar-refractivity contribution in [2.75, 3.05) is 45.2 Å². The Morgan fingerprint density at radius 2 is 2.07 bits per heavy atom. The highest BCUT2D eigenvalue weighted by Crippen LogP contribution is 2.22. The Hall–Kier alpha value is -1.55. The predicted octanol–water partition coefficient (Wildman–Crippen LogP) is 3.23. The van der Waals surface area contributed by atoms with Gasteiger partial charge in [-0.1, -0.05) is 13.0 Å². The molecule has 8 heteroatoms. The zero-order valence-electron chi connectivity index (χ0n) is 16.1. The molecule has 1 fully saturated rings. The minimum atomic E-state index is 0. The van der Waals surface area contributed by atoms with E-state index in [-0.39, 0.29) is 24.0 Å². The van der Waals surface area contributed by atoms with Gasteiger partial charge in [0, 0.05) is 50.4 Å². The van der Waals surface area contributed by atoms with Crippen LogP contribution >= 0.6 is 35.3 Å². The van der Waals surface area contributed by atoms with Crippen molar-refractivity contribution in [2.24, 2.45) is 4.99 Å². The van der Waals surface area contributed by atoms with E-state index in [1.54, 1.807) is 18.4 Å². The van der Waals surface area contributed by atoms with Crippen molar-refractivity contribution >= 4 is 47.0 Å². The summed E-state index contributed by atoms with van der Waals surface area (Å²) in [6.45, 7) is 6.66. The highest BCUT2D eigenvalue weighted by atomic mass is 127. The average Bonchev–Trinajstić information content (AvgIpc) is 3.17. The lowest BCUT2D eigenvalue weighted by Crippen LogP contribution is -2.52. The number of halogens is 1. The number of nitrogens with zero attached hydrogens (tertiary/aromatic N) is 4. The van der Waals surface area contributed by atoms with Crippen molar-refractivity contribution in [1.82, 2.24) is 15.2 Å². The van der Waals surface area contributed by atoms with Crippen LogP contribution in [0.25, 0.3) is 0 Å². The van der Waals surface area contributed by atoms with Gasteiger partial charge in [-0.05, 0) is 18.6 Å². The fourth-order valence-corrected chi connectivity index (χ4v) is 3.82. The number of ether oxygens (including phenoxy) is 1. The summed E-state index contributed by atoms with van der Waals surface area (Å²) in [7, 11) is 3.55. The number of rotatable bonds is 5. The maximum absolute atomic E-state index is 5.33. The molecule has 0 spiro atoms. The van der Waals surface area contributed by atoms with Crippen LogP contribution in [0.15, 0.2) is 34.6 Å². The first-order valence-corrected chi connectivity index (χ1v) is 9.89. The lowest BCUT2D eigenvalue weighted by Gasteiger charge is -2.37. The molecule has 1 aliphatic heterocycles. The van der Waals surface area contributed by atoms with E-state index in [1.807, 2.05) is 19.2 Å². The van der Waals surface area contributed by atoms with Gasteiger partial charge < -0.3 is 19.9 Å². The molecule has 0 unspecified atom stereocenters. The molecule has 1 saturated heterocycles. The SMILES string of the molecule is CCc1nc(CNC(=NC)N2CCN(c3cccc(OC)c3)CC2)cs1.I. The summed E-state index contributed by atoms with van der Waals surface area (Å²) < 4.78 is 5.33. The lowest BCUT2D eigenvalue weighted by molar-refractivity contribution is 0.371. The number of hydrogen-bond acceptors (Lipinski definition) is 5. The number of aliphatic imine (C=N–C) groups is 1. The highest BCUT2D eigenvalue weighted by Gasteiger charge is 2.20. The largest absolute Gasteiger partial charge is 0.497 e. The first kappa shape index (κ1) is 21.7. The van der Waals surface area contributed by atoms with Crippen molar-refractivity contribution in [2.45, 2.75) is 19.9 Å². The van der Waals surface area contributed by atoms with Gasteiger partial charge in [-0.3, -0.25) is 4.99 Å². The fourth-order valence-electron chi connectivity index (χ4n) is 3.08. The summed E-state index contributed by atoms with van der Waals surface area (Å²) in [5.41, 5.74) is 2.30. The molecule has 6 nitrogen and oxygen atoms in total. The number of thiazole rings is 1. The van der Waals surface area contributed by atoms with Gasteiger partial charge in [-0.15, -0.1) is 35.3 Å². The quantitative estimate of drug-likeness (QED) is 0.388. The third-order valence-corrected chi connectivity index (χ3v) is 5.58. The van der Waals surface area contributed by atoms with Crippen molar-refractivity contribution in [3.05, 3.63) is 40.3 Å². The number of anilines is 1. The Morgan fingerprint density at radius 3 is 2.70 bits per heavy atom. The summed E-state index contributed by atoms with van der Waals surface area (Å²) in [5, 5.41) is 6.76. The number of methoxy groups -OCH3 is 1. The Morgan fingerprint density at radius 1 is 1.30 bits per heavy atom. The van der Waals surface area contributed by atoms with Crippen LogP contribution in [-0.2, 0) is 13.0 Å². The maximum atomic E-state index is 5.33. The van der Waals surface area contributed by atoms with E-state index >= 15 is 0 Å². The molecule has 0 atom stereocenters. The predicted molar refractivity (Wildman–Crippen MR) is 124 cm³/mol. The van der Waals surface area contributed by atoms with Crippen LogP contribution in [0.3, 0.4) is 0 Å². The maximum Gasteiger partial charge on any atom is 0.194 e. The molecular weight excluding hydrogens is 473 g/mol. The third-order valence-electron chi connectivity index (χ3n) is 4.54. The first-order chi connectivity index (χ1) is 12.7. The Labute approximate surface area is 182 Å². The zero-order chi connectivity index (χ0) is 18.4. The minimum absolute atomic E-state index is 0. The van der Waals surface area contributed by atoms with E-state index in [4.69, 9.17) is 4.74 Å². The molecule has 148 valence electrons. The minimum Gasteiger partial charge on any atom is -0.497 e. The van der Waals surface area contributed by atoms with Crippen LogP contribution in [0, 0.1) is 0 Å². The van der Waals surface area contributed by atoms with E-state index < -0.39 is 0 Å². The van der Waals surface area contributed by atoms with Crippen molar-refractivity contribution in [3.8, 4) is 5.75 Å². The van der Waals surface area contributed by atoms with Crippen LogP contribution < -0.4 is 15.0 Å². The summed E-state index contributed by atoms with van der Waals surface area (Å²) in [4.78, 5) is 13.8. The van der Waals surface area contributed by atoms with Crippen molar-refractivity contribution in [3.63, 3.8) is 0 Å². The number of hydrogen-bond donors (Lipinski definition) is 1. The molecule has 1 aromatic heterocycles. The van der Waals surface area contributed by atoms with Gasteiger partial charge in [0.25, 0.3) is 0 Å². The monoisotopic (exact) mass is 501 g/mol. The smallest absolute Gasteiger partial charge is 0.194 e. The van der Waals surface area contributed by atoms with E-state index in [2.05, 4.69) is 49.5 Å². The van der Waals surface area contributed by atoms with Crippen molar-refractivity contribution < 1.29 is 4.74 Å². The summed E-state index contributed by atoms with van der Waals surface area (Å²) in [6.07, 6.45) is 0.992. The summed E-state index contributed by atoms with van der Waals surface area (Å²) in [5.74, 6) is 1.85. The molecule has 3 rings (SSSR count). The third kappa shape index (κ3) is 5.71. The van der Waals surface area contributed by atoms with Gasteiger partial charge in [0.15, 0.2) is 5.96 Å². The summed E-state index contributed by atoms with van der Waals surface area (Å²) >= 11 is 1.72. The topological polar surface area (TPSA) is 53.0 Å². The highest BCUT2D eigenvalue weighted by molar-refractivity contribution is 14.0. The molecule has 0 bridgehead atoms. The molecule has 2 aromatic rings. The van der Waals surface area contributed by atoms with Crippen LogP contribution in [0.2, 0.25) is 0 Å². The molecule has 2 heterocycles. The number of piperazine rings is 1. The average molecular weight is 501 g/mol. The molecule has 1 aliphatic rings. The molecule has 0 saturated carbocycles. The van der Waals surface area contributed by atoms with Gasteiger partial charge in [-0.25, -0.2) is 4.98 Å². The van der Waals surface area contributed by atoms with E-state index in [9.17, 15) is 0 Å². The van der Waals surface area contributed by atoms with Crippen LogP contribution in [0.4, 0.5) is 5.69 Å². The van der Waals surface area contributed by atoms with Gasteiger partial charge in [0.2, 0.25) is 0 Å². The molecule has 0 radical (unpaired) electrons. The molecule has 0 amide bonds. The number of guanidine groups is 1. The van der Waals surface area contributed by atoms with Gasteiger partial charge in [0.1, 0.15) is 5.75 Å².